The summed E-state index contributed by atoms with van der Waals surface area (Å²) < 4.78 is 34.6. The maximum atomic E-state index is 12.2. The summed E-state index contributed by atoms with van der Waals surface area (Å²) in [7, 11) is 0. The van der Waals surface area contributed by atoms with Gasteiger partial charge in [-0.15, -0.1) is 0 Å². The highest BCUT2D eigenvalue weighted by atomic mass is 32.2. The second-order valence-electron chi connectivity index (χ2n) is 8.73. The Bertz CT molecular complexity index is 1660. The number of nitro groups is 3. The topological polar surface area (TPSA) is 182 Å². The number of nitrogens with zero attached hydrogens (tertiary/aromatic N) is 3. The molecule has 4 aromatic rings. The molecular weight excluding hydrogens is 590 g/mol. The predicted octanol–water partition coefficient (Wildman–Crippen LogP) is 6.23. The number of rotatable bonds is 9. The minimum absolute atomic E-state index is 0.0984. The first kappa shape index (κ1) is 31.5. The summed E-state index contributed by atoms with van der Waals surface area (Å²) >= 11 is -3.63. The predicted molar refractivity (Wildman–Crippen MR) is 154 cm³/mol. The lowest BCUT2D eigenvalue weighted by atomic mass is 10.2. The Morgan fingerprint density at radius 2 is 1.00 bits per heavy atom. The molecule has 0 saturated heterocycles. The van der Waals surface area contributed by atoms with Crippen molar-refractivity contribution in [3.8, 4) is 11.5 Å². The van der Waals surface area contributed by atoms with E-state index in [2.05, 4.69) is 0 Å². The van der Waals surface area contributed by atoms with Gasteiger partial charge in [-0.1, -0.05) is 24.3 Å². The average molecular weight is 614 g/mol. The van der Waals surface area contributed by atoms with Crippen LogP contribution in [-0.2, 0) is 22.2 Å². The molecule has 0 bridgehead atoms. The van der Waals surface area contributed by atoms with Crippen LogP contribution in [0.5, 0.6) is 11.5 Å². The number of hydrogen-bond donors (Lipinski definition) is 0. The van der Waals surface area contributed by atoms with Gasteiger partial charge in [-0.3, -0.25) is 30.3 Å². The van der Waals surface area contributed by atoms with Gasteiger partial charge in [-0.25, -0.2) is 8.42 Å². The summed E-state index contributed by atoms with van der Waals surface area (Å²) in [4.78, 5) is 31.1. The second-order valence-corrected chi connectivity index (χ2v) is 10.9. The zero-order chi connectivity index (χ0) is 31.0. The number of benzene rings is 4. The first-order valence-electron chi connectivity index (χ1n) is 11.9. The van der Waals surface area contributed by atoms with Gasteiger partial charge >= 0.3 is 0 Å². The molecule has 4 rings (SSSR count). The monoisotopic (exact) mass is 613 g/mol. The molecule has 2 atom stereocenters. The van der Waals surface area contributed by atoms with Crippen molar-refractivity contribution in [2.75, 3.05) is 0 Å². The van der Waals surface area contributed by atoms with E-state index in [0.717, 1.165) is 34.9 Å². The lowest BCUT2D eigenvalue weighted by molar-refractivity contribution is -0.394. The van der Waals surface area contributed by atoms with Gasteiger partial charge in [0.2, 0.25) is 22.2 Å². The lowest BCUT2D eigenvalue weighted by Gasteiger charge is -2.07. The Balaban J connectivity index is 0.000000235. The summed E-state index contributed by atoms with van der Waals surface area (Å²) in [6.45, 7) is 5.53. The average Bonchev–Trinajstić information content (AvgIpc) is 2.92. The quantitative estimate of drug-likeness (QED) is 0.155. The molecule has 13 nitrogen and oxygen atoms in total. The summed E-state index contributed by atoms with van der Waals surface area (Å²) in [6, 6.07) is 20.7. The first-order chi connectivity index (χ1) is 19.8. The highest BCUT2D eigenvalue weighted by Crippen LogP contribution is 2.29. The third-order valence-corrected chi connectivity index (χ3v) is 7.19. The van der Waals surface area contributed by atoms with E-state index in [4.69, 9.17) is 8.37 Å². The number of hydrogen-bond acceptors (Lipinski definition) is 10. The summed E-state index contributed by atoms with van der Waals surface area (Å²) in [5.74, 6) is -0.00238. The molecule has 218 valence electrons. The first-order valence-corrected chi connectivity index (χ1v) is 14.0. The smallest absolute Gasteiger partial charge is 0.280 e. The van der Waals surface area contributed by atoms with Crippen molar-refractivity contribution >= 4 is 39.2 Å². The largest absolute Gasteiger partial charge is 0.397 e. The van der Waals surface area contributed by atoms with Crippen molar-refractivity contribution in [1.82, 2.24) is 0 Å². The SMILES string of the molecule is Cc1cc(C)cc(S(=O)Oc2cc([N+](=O)[O-])cc([N+](=O)[O-])c2)c1.Cc1cccc(S(=O)Oc2cccc([N+](=O)[O-])c2)c1. The molecule has 0 aliphatic rings. The molecule has 0 aliphatic carbocycles. The van der Waals surface area contributed by atoms with Crippen LogP contribution in [0.15, 0.2) is 94.7 Å². The normalized spacial score (nSPS) is 11.8. The van der Waals surface area contributed by atoms with Gasteiger partial charge in [-0.2, -0.15) is 0 Å². The van der Waals surface area contributed by atoms with Gasteiger partial charge in [0, 0.05) is 6.07 Å². The zero-order valence-electron chi connectivity index (χ0n) is 22.3. The molecule has 42 heavy (non-hydrogen) atoms. The van der Waals surface area contributed by atoms with E-state index in [1.165, 1.54) is 24.3 Å². The van der Waals surface area contributed by atoms with Gasteiger partial charge < -0.3 is 8.37 Å². The molecule has 0 heterocycles. The van der Waals surface area contributed by atoms with E-state index in [1.807, 2.05) is 32.9 Å². The lowest BCUT2D eigenvalue weighted by Crippen LogP contribution is -2.03. The Hall–Kier alpha value is -5.02. The van der Waals surface area contributed by atoms with Crippen LogP contribution in [0.2, 0.25) is 0 Å². The molecule has 0 spiro atoms. The minimum Gasteiger partial charge on any atom is -0.397 e. The second kappa shape index (κ2) is 14.0. The fourth-order valence-electron chi connectivity index (χ4n) is 3.50. The van der Waals surface area contributed by atoms with Gasteiger partial charge in [0.15, 0.2) is 5.75 Å². The maximum Gasteiger partial charge on any atom is 0.280 e. The molecule has 4 aromatic carbocycles. The van der Waals surface area contributed by atoms with Crippen LogP contribution in [0.3, 0.4) is 0 Å². The highest BCUT2D eigenvalue weighted by molar-refractivity contribution is 7.80. The van der Waals surface area contributed by atoms with Gasteiger partial charge in [-0.05, 0) is 67.8 Å². The van der Waals surface area contributed by atoms with Crippen molar-refractivity contribution in [2.24, 2.45) is 0 Å². The summed E-state index contributed by atoms with van der Waals surface area (Å²) in [5.41, 5.74) is 1.61. The van der Waals surface area contributed by atoms with Gasteiger partial charge in [0.1, 0.15) is 5.75 Å². The molecule has 0 amide bonds. The zero-order valence-corrected chi connectivity index (χ0v) is 24.0. The molecule has 0 fully saturated rings. The fraction of sp³-hybridized carbons (Fsp3) is 0.111. The van der Waals surface area contributed by atoms with Crippen molar-refractivity contribution in [3.63, 3.8) is 0 Å². The van der Waals surface area contributed by atoms with Crippen LogP contribution in [0, 0.1) is 51.1 Å². The van der Waals surface area contributed by atoms with Crippen molar-refractivity contribution in [2.45, 2.75) is 30.6 Å². The molecule has 2 unspecified atom stereocenters. The molecule has 15 heteroatoms. The van der Waals surface area contributed by atoms with Gasteiger partial charge in [0.05, 0.1) is 48.8 Å². The van der Waals surface area contributed by atoms with Crippen molar-refractivity contribution < 1.29 is 31.6 Å². The number of non-ortho nitro benzene ring substituents is 3. The van der Waals surface area contributed by atoms with Gasteiger partial charge in [0.25, 0.3) is 17.1 Å². The summed E-state index contributed by atoms with van der Waals surface area (Å²) in [6.07, 6.45) is 0. The van der Waals surface area contributed by atoms with E-state index in [1.54, 1.807) is 30.3 Å². The van der Waals surface area contributed by atoms with Crippen molar-refractivity contribution in [3.05, 3.63) is 132 Å². The molecule has 0 aromatic heterocycles. The van der Waals surface area contributed by atoms with Crippen molar-refractivity contribution in [1.29, 1.82) is 0 Å². The number of aryl methyl sites for hydroxylation is 3. The Kier molecular flexibility index (Phi) is 10.5. The molecule has 0 N–H and O–H groups in total. The fourth-order valence-corrected chi connectivity index (χ4v) is 5.27. The van der Waals surface area contributed by atoms with E-state index < -0.39 is 48.3 Å². The van der Waals surface area contributed by atoms with Crippen LogP contribution in [0.25, 0.3) is 0 Å². The molecule has 0 radical (unpaired) electrons. The standard InChI is InChI=1S/C14H12N2O6S.C13H11NO4S/c1-9-3-10(2)5-14(4-9)23(21)22-13-7-11(15(17)18)6-12(8-13)16(19)20;1-10-4-2-7-13(8-10)19(17)18-12-6-3-5-11(9-12)14(15)16/h3-8H,1-2H3;2-9H,1H3. The third kappa shape index (κ3) is 9.00. The maximum absolute atomic E-state index is 12.2. The summed E-state index contributed by atoms with van der Waals surface area (Å²) in [5, 5.41) is 32.3. The number of nitro benzene ring substituents is 3. The van der Waals surface area contributed by atoms with Crippen LogP contribution in [0.4, 0.5) is 17.1 Å². The Labute approximate surface area is 244 Å². The third-order valence-electron chi connectivity index (χ3n) is 5.24. The van der Waals surface area contributed by atoms with E-state index in [0.29, 0.717) is 9.79 Å². The molecule has 0 aliphatic heterocycles. The van der Waals surface area contributed by atoms with E-state index in [-0.39, 0.29) is 17.2 Å². The molecule has 0 saturated carbocycles. The Morgan fingerprint density at radius 1 is 0.524 bits per heavy atom. The molecular formula is C27H23N3O10S2. The van der Waals surface area contributed by atoms with Crippen LogP contribution in [0.1, 0.15) is 16.7 Å². The van der Waals surface area contributed by atoms with E-state index in [9.17, 15) is 38.8 Å². The highest BCUT2D eigenvalue weighted by Gasteiger charge is 2.19. The van der Waals surface area contributed by atoms with E-state index >= 15 is 0 Å². The minimum atomic E-state index is -1.94. The van der Waals surface area contributed by atoms with Crippen LogP contribution < -0.4 is 8.37 Å². The van der Waals surface area contributed by atoms with Crippen LogP contribution >= 0.6 is 0 Å². The van der Waals surface area contributed by atoms with Crippen LogP contribution in [-0.4, -0.2) is 23.2 Å². The Morgan fingerprint density at radius 3 is 1.55 bits per heavy atom.